The van der Waals surface area contributed by atoms with Crippen molar-refractivity contribution in [1.29, 1.82) is 0 Å². The third-order valence-corrected chi connectivity index (χ3v) is 2.76. The maximum absolute atomic E-state index is 13.4. The van der Waals surface area contributed by atoms with E-state index in [-0.39, 0.29) is 18.1 Å². The van der Waals surface area contributed by atoms with Crippen LogP contribution >= 0.6 is 0 Å². The first-order valence-electron chi connectivity index (χ1n) is 5.79. The smallest absolute Gasteiger partial charge is 0.352 e. The van der Waals surface area contributed by atoms with Crippen LogP contribution in [-0.4, -0.2) is 15.6 Å². The quantitative estimate of drug-likeness (QED) is 0.925. The van der Waals surface area contributed by atoms with E-state index in [0.717, 1.165) is 6.07 Å². The van der Waals surface area contributed by atoms with Crippen LogP contribution in [0, 0.1) is 5.82 Å². The van der Waals surface area contributed by atoms with Crippen molar-refractivity contribution >= 4 is 5.97 Å². The number of carboxylic acid groups (broad SMARTS) is 1. The Hall–Kier alpha value is -2.63. The highest BCUT2D eigenvalue weighted by Gasteiger charge is 2.11. The highest BCUT2D eigenvalue weighted by molar-refractivity contribution is 5.85. The average Bonchev–Trinajstić information content (AvgIpc) is 2.40. The Kier molecular flexibility index (Phi) is 3.84. The van der Waals surface area contributed by atoms with Crippen molar-refractivity contribution in [2.45, 2.75) is 6.61 Å². The number of carboxylic acids is 1. The molecule has 0 aliphatic carbocycles. The van der Waals surface area contributed by atoms with Crippen molar-refractivity contribution in [2.75, 3.05) is 0 Å². The third-order valence-electron chi connectivity index (χ3n) is 2.76. The minimum atomic E-state index is -1.20. The zero-order valence-corrected chi connectivity index (χ0v) is 10.7. The molecule has 0 aliphatic heterocycles. The summed E-state index contributed by atoms with van der Waals surface area (Å²) in [4.78, 5) is 22.6. The van der Waals surface area contributed by atoms with Crippen LogP contribution < -0.4 is 10.2 Å². The van der Waals surface area contributed by atoms with Gasteiger partial charge in [-0.15, -0.1) is 0 Å². The van der Waals surface area contributed by atoms with Gasteiger partial charge in [0.15, 0.2) is 5.75 Å². The number of benzene rings is 1. The molecule has 0 unspecified atom stereocenters. The third kappa shape index (κ3) is 2.85. The fraction of sp³-hybridized carbons (Fsp3) is 0.143. The van der Waals surface area contributed by atoms with Crippen LogP contribution in [0.4, 0.5) is 4.39 Å². The second-order valence-corrected chi connectivity index (χ2v) is 4.18. The molecule has 2 rings (SSSR count). The van der Waals surface area contributed by atoms with Crippen molar-refractivity contribution in [3.8, 4) is 5.75 Å². The molecule has 0 fully saturated rings. The fourth-order valence-corrected chi connectivity index (χ4v) is 1.70. The van der Waals surface area contributed by atoms with Crippen molar-refractivity contribution in [3.05, 3.63) is 63.8 Å². The first-order chi connectivity index (χ1) is 9.49. The number of nitrogens with zero attached hydrogens (tertiary/aromatic N) is 1. The first kappa shape index (κ1) is 13.8. The van der Waals surface area contributed by atoms with Crippen LogP contribution in [-0.2, 0) is 13.7 Å². The van der Waals surface area contributed by atoms with Gasteiger partial charge in [0.05, 0.1) is 6.20 Å². The van der Waals surface area contributed by atoms with E-state index in [1.165, 1.54) is 23.9 Å². The van der Waals surface area contributed by atoms with Gasteiger partial charge in [0.2, 0.25) is 5.43 Å². The summed E-state index contributed by atoms with van der Waals surface area (Å²) in [5, 5.41) is 8.88. The summed E-state index contributed by atoms with van der Waals surface area (Å²) in [5.41, 5.74) is -0.387. The number of halogens is 1. The van der Waals surface area contributed by atoms with Crippen molar-refractivity contribution in [2.24, 2.45) is 7.05 Å². The number of rotatable bonds is 4. The maximum atomic E-state index is 13.4. The fourth-order valence-electron chi connectivity index (χ4n) is 1.70. The Morgan fingerprint density at radius 3 is 2.75 bits per heavy atom. The van der Waals surface area contributed by atoms with Gasteiger partial charge in [-0.1, -0.05) is 18.2 Å². The molecule has 0 spiro atoms. The topological polar surface area (TPSA) is 68.5 Å². The highest BCUT2D eigenvalue weighted by Crippen LogP contribution is 2.11. The van der Waals surface area contributed by atoms with Crippen LogP contribution in [0.5, 0.6) is 5.75 Å². The number of aromatic nitrogens is 1. The van der Waals surface area contributed by atoms with E-state index in [9.17, 15) is 14.0 Å². The zero-order valence-electron chi connectivity index (χ0n) is 10.7. The summed E-state index contributed by atoms with van der Waals surface area (Å²) < 4.78 is 19.9. The lowest BCUT2D eigenvalue weighted by atomic mass is 10.2. The summed E-state index contributed by atoms with van der Waals surface area (Å²) in [5.74, 6) is -1.66. The Labute approximate surface area is 113 Å². The molecular weight excluding hydrogens is 265 g/mol. The monoisotopic (exact) mass is 277 g/mol. The zero-order chi connectivity index (χ0) is 14.7. The Balaban J connectivity index is 2.23. The van der Waals surface area contributed by atoms with E-state index in [1.54, 1.807) is 18.2 Å². The molecule has 5 nitrogen and oxygen atoms in total. The van der Waals surface area contributed by atoms with Crippen LogP contribution in [0.25, 0.3) is 0 Å². The van der Waals surface area contributed by atoms with Gasteiger partial charge in [-0.3, -0.25) is 4.79 Å². The van der Waals surface area contributed by atoms with Crippen LogP contribution in [0.1, 0.15) is 16.1 Å². The molecule has 104 valence electrons. The molecule has 0 amide bonds. The van der Waals surface area contributed by atoms with Gasteiger partial charge in [-0.05, 0) is 6.07 Å². The molecule has 0 aliphatic rings. The standard InChI is InChI=1S/C14H12FNO4/c1-16-7-13(12(17)6-11(16)14(18)19)20-8-9-4-2-3-5-10(9)15/h2-7H,8H2,1H3,(H,18,19). The average molecular weight is 277 g/mol. The number of pyridine rings is 1. The number of hydrogen-bond donors (Lipinski definition) is 1. The van der Waals surface area contributed by atoms with E-state index in [2.05, 4.69) is 0 Å². The Bertz CT molecular complexity index is 709. The number of aryl methyl sites for hydroxylation is 1. The molecule has 20 heavy (non-hydrogen) atoms. The lowest BCUT2D eigenvalue weighted by Crippen LogP contribution is -2.16. The van der Waals surface area contributed by atoms with E-state index in [1.807, 2.05) is 0 Å². The summed E-state index contributed by atoms with van der Waals surface area (Å²) in [6, 6.07) is 7.03. The van der Waals surface area contributed by atoms with E-state index in [4.69, 9.17) is 9.84 Å². The Morgan fingerprint density at radius 2 is 2.10 bits per heavy atom. The predicted octanol–water partition coefficient (Wildman–Crippen LogP) is 1.80. The van der Waals surface area contributed by atoms with E-state index in [0.29, 0.717) is 5.56 Å². The number of ether oxygens (including phenoxy) is 1. The molecule has 0 saturated carbocycles. The highest BCUT2D eigenvalue weighted by atomic mass is 19.1. The summed E-state index contributed by atoms with van der Waals surface area (Å²) in [6.45, 7) is -0.103. The molecule has 2 aromatic rings. The number of hydrogen-bond acceptors (Lipinski definition) is 3. The normalized spacial score (nSPS) is 10.3. The van der Waals surface area contributed by atoms with E-state index < -0.39 is 17.2 Å². The van der Waals surface area contributed by atoms with Gasteiger partial charge in [0.25, 0.3) is 0 Å². The molecule has 1 aromatic heterocycles. The SMILES string of the molecule is Cn1cc(OCc2ccccc2F)c(=O)cc1C(=O)O. The maximum Gasteiger partial charge on any atom is 0.352 e. The predicted molar refractivity (Wildman–Crippen MR) is 69.4 cm³/mol. The van der Waals surface area contributed by atoms with Gasteiger partial charge in [0, 0.05) is 18.7 Å². The summed E-state index contributed by atoms with van der Waals surface area (Å²) in [7, 11) is 1.48. The van der Waals surface area contributed by atoms with Crippen LogP contribution in [0.15, 0.2) is 41.3 Å². The summed E-state index contributed by atoms with van der Waals surface area (Å²) in [6.07, 6.45) is 1.27. The van der Waals surface area contributed by atoms with Crippen molar-refractivity contribution in [1.82, 2.24) is 4.57 Å². The van der Waals surface area contributed by atoms with Crippen LogP contribution in [0.3, 0.4) is 0 Å². The van der Waals surface area contributed by atoms with Crippen molar-refractivity contribution in [3.63, 3.8) is 0 Å². The molecule has 1 N–H and O–H groups in total. The van der Waals surface area contributed by atoms with Crippen molar-refractivity contribution < 1.29 is 19.0 Å². The van der Waals surface area contributed by atoms with Gasteiger partial charge >= 0.3 is 5.97 Å². The minimum Gasteiger partial charge on any atom is -0.483 e. The second kappa shape index (κ2) is 5.56. The molecule has 6 heteroatoms. The molecule has 1 heterocycles. The van der Waals surface area contributed by atoms with Gasteiger partial charge in [-0.2, -0.15) is 0 Å². The van der Waals surface area contributed by atoms with Gasteiger partial charge in [-0.25, -0.2) is 9.18 Å². The first-order valence-corrected chi connectivity index (χ1v) is 5.79. The van der Waals surface area contributed by atoms with E-state index >= 15 is 0 Å². The molecule has 1 aromatic carbocycles. The molecular formula is C14H12FNO4. The number of aromatic carboxylic acids is 1. The van der Waals surface area contributed by atoms with Gasteiger partial charge in [0.1, 0.15) is 18.1 Å². The lowest BCUT2D eigenvalue weighted by Gasteiger charge is -2.09. The Morgan fingerprint density at radius 1 is 1.40 bits per heavy atom. The van der Waals surface area contributed by atoms with Crippen LogP contribution in [0.2, 0.25) is 0 Å². The molecule has 0 saturated heterocycles. The van der Waals surface area contributed by atoms with Gasteiger partial charge < -0.3 is 14.4 Å². The second-order valence-electron chi connectivity index (χ2n) is 4.18. The minimum absolute atomic E-state index is 0.0271. The lowest BCUT2D eigenvalue weighted by molar-refractivity contribution is 0.0685. The molecule has 0 radical (unpaired) electrons. The number of carbonyl (C=O) groups is 1. The summed E-state index contributed by atoms with van der Waals surface area (Å²) >= 11 is 0. The molecule has 0 bridgehead atoms. The molecule has 0 atom stereocenters. The largest absolute Gasteiger partial charge is 0.483 e.